The van der Waals surface area contributed by atoms with Gasteiger partial charge in [-0.2, -0.15) is 0 Å². The molecule has 0 N–H and O–H groups in total. The van der Waals surface area contributed by atoms with Crippen LogP contribution in [0.5, 0.6) is 11.5 Å². The van der Waals surface area contributed by atoms with Crippen LogP contribution in [0.2, 0.25) is 0 Å². The van der Waals surface area contributed by atoms with E-state index in [1.165, 1.54) is 0 Å². The molecule has 96 valence electrons. The first-order valence-corrected chi connectivity index (χ1v) is 4.55. The summed E-state index contributed by atoms with van der Waals surface area (Å²) in [5.74, 6) is -0.745. The first kappa shape index (κ1) is 13.6. The highest BCUT2D eigenvalue weighted by Gasteiger charge is 2.30. The van der Waals surface area contributed by atoms with Crippen molar-refractivity contribution in [1.29, 1.82) is 0 Å². The van der Waals surface area contributed by atoms with Gasteiger partial charge in [0.15, 0.2) is 11.5 Å². The third kappa shape index (κ3) is 2.80. The highest BCUT2D eigenvalue weighted by molar-refractivity contribution is 6.73. The Kier molecular flexibility index (Phi) is 3.85. The first-order valence-electron chi connectivity index (χ1n) is 4.55. The molecule has 0 radical (unpaired) electrons. The number of ether oxygens (including phenoxy) is 2. The maximum Gasteiger partial charge on any atom is 0.509 e. The van der Waals surface area contributed by atoms with E-state index < -0.39 is 24.4 Å². The smallest absolute Gasteiger partial charge is 0.493 e. The number of hydrogen-bond donors (Lipinski definition) is 0. The zero-order valence-electron chi connectivity index (χ0n) is 9.02. The van der Waals surface area contributed by atoms with Gasteiger partial charge in [0.25, 0.3) is 6.43 Å². The Labute approximate surface area is 94.4 Å². The SMILES string of the molecule is COc1cc([B-](F)(F)F)cc(C(F)F)c1OC. The molecule has 0 fully saturated rings. The molecule has 0 aliphatic heterocycles. The standard InChI is InChI=1S/C9H9BF5O2/c1-16-7-4-5(10(13,14)15)3-6(9(11)12)8(7)17-2/h3-4,9H,1-2H3/q-1. The van der Waals surface area contributed by atoms with Crippen LogP contribution >= 0.6 is 0 Å². The minimum Gasteiger partial charge on any atom is -0.493 e. The van der Waals surface area contributed by atoms with E-state index >= 15 is 0 Å². The van der Waals surface area contributed by atoms with Crippen LogP contribution in [0.15, 0.2) is 12.1 Å². The Balaban J connectivity index is 3.46. The molecule has 0 saturated heterocycles. The molecule has 1 aromatic carbocycles. The van der Waals surface area contributed by atoms with Crippen molar-refractivity contribution in [2.24, 2.45) is 0 Å². The lowest BCUT2D eigenvalue weighted by atomic mass is 9.79. The third-order valence-corrected chi connectivity index (χ3v) is 2.14. The molecule has 0 aliphatic rings. The van der Waals surface area contributed by atoms with Gasteiger partial charge in [-0.3, -0.25) is 0 Å². The normalized spacial score (nSPS) is 11.8. The van der Waals surface area contributed by atoms with Crippen LogP contribution in [0.25, 0.3) is 0 Å². The van der Waals surface area contributed by atoms with Gasteiger partial charge in [-0.1, -0.05) is 6.07 Å². The molecule has 1 rings (SSSR count). The number of rotatable bonds is 4. The number of hydrogen-bond acceptors (Lipinski definition) is 2. The lowest BCUT2D eigenvalue weighted by molar-refractivity contribution is 0.146. The van der Waals surface area contributed by atoms with Crippen molar-refractivity contribution in [1.82, 2.24) is 0 Å². The van der Waals surface area contributed by atoms with E-state index in [1.807, 2.05) is 0 Å². The molecule has 2 nitrogen and oxygen atoms in total. The van der Waals surface area contributed by atoms with Crippen molar-refractivity contribution >= 4 is 12.4 Å². The van der Waals surface area contributed by atoms with E-state index in [1.54, 1.807) is 0 Å². The minimum atomic E-state index is -5.37. The van der Waals surface area contributed by atoms with E-state index in [0.717, 1.165) is 14.2 Å². The van der Waals surface area contributed by atoms with E-state index in [2.05, 4.69) is 9.47 Å². The van der Waals surface area contributed by atoms with Gasteiger partial charge in [-0.25, -0.2) is 8.78 Å². The molecule has 0 atom stereocenters. The van der Waals surface area contributed by atoms with Crippen LogP contribution < -0.4 is 14.9 Å². The second-order valence-corrected chi connectivity index (χ2v) is 3.22. The largest absolute Gasteiger partial charge is 0.509 e. The summed E-state index contributed by atoms with van der Waals surface area (Å²) in [5.41, 5.74) is -1.97. The van der Waals surface area contributed by atoms with E-state index in [4.69, 9.17) is 0 Å². The molecule has 0 bridgehead atoms. The second-order valence-electron chi connectivity index (χ2n) is 3.22. The fourth-order valence-electron chi connectivity index (χ4n) is 1.37. The Morgan fingerprint density at radius 1 is 1.06 bits per heavy atom. The molecular weight excluding hydrogens is 246 g/mol. The summed E-state index contributed by atoms with van der Waals surface area (Å²) in [5, 5.41) is 0. The van der Waals surface area contributed by atoms with Crippen molar-refractivity contribution < 1.29 is 31.2 Å². The molecule has 0 heterocycles. The average molecular weight is 255 g/mol. The van der Waals surface area contributed by atoms with Crippen LogP contribution in [0, 0.1) is 0 Å². The minimum absolute atomic E-state index is 0.362. The Morgan fingerprint density at radius 3 is 2.00 bits per heavy atom. The fraction of sp³-hybridized carbons (Fsp3) is 0.333. The van der Waals surface area contributed by atoms with Crippen LogP contribution in [0.1, 0.15) is 12.0 Å². The van der Waals surface area contributed by atoms with Crippen molar-refractivity contribution in [2.45, 2.75) is 6.43 Å². The molecule has 17 heavy (non-hydrogen) atoms. The first-order chi connectivity index (χ1) is 7.81. The Morgan fingerprint density at radius 2 is 1.65 bits per heavy atom. The molecule has 0 amide bonds. The van der Waals surface area contributed by atoms with Crippen LogP contribution in [-0.4, -0.2) is 21.2 Å². The molecule has 0 aliphatic carbocycles. The Hall–Kier alpha value is -1.47. The average Bonchev–Trinajstić information content (AvgIpc) is 2.25. The summed E-state index contributed by atoms with van der Waals surface area (Å²) >= 11 is 0. The van der Waals surface area contributed by atoms with Gasteiger partial charge in [0.1, 0.15) is 0 Å². The third-order valence-electron chi connectivity index (χ3n) is 2.14. The highest BCUT2D eigenvalue weighted by atomic mass is 19.4. The predicted octanol–water partition coefficient (Wildman–Crippen LogP) is 2.70. The summed E-state index contributed by atoms with van der Waals surface area (Å²) in [4.78, 5) is 0. The number of benzene rings is 1. The number of halogens is 5. The Bertz CT molecular complexity index is 405. The zero-order chi connectivity index (χ0) is 13.2. The maximum atomic E-state index is 12.6. The van der Waals surface area contributed by atoms with Crippen molar-refractivity contribution in [3.63, 3.8) is 0 Å². The van der Waals surface area contributed by atoms with Gasteiger partial charge in [0, 0.05) is 0 Å². The van der Waals surface area contributed by atoms with Crippen LogP contribution in [0.4, 0.5) is 21.7 Å². The summed E-state index contributed by atoms with van der Waals surface area (Å²) in [6.07, 6.45) is -3.07. The monoisotopic (exact) mass is 255 g/mol. The summed E-state index contributed by atoms with van der Waals surface area (Å²) < 4.78 is 72.0. The number of methoxy groups -OCH3 is 2. The van der Waals surface area contributed by atoms with E-state index in [-0.39, 0.29) is 11.5 Å². The van der Waals surface area contributed by atoms with E-state index in [0.29, 0.717) is 12.1 Å². The van der Waals surface area contributed by atoms with Gasteiger partial charge in [-0.05, 0) is 6.07 Å². The quantitative estimate of drug-likeness (QED) is 0.608. The topological polar surface area (TPSA) is 18.5 Å². The molecule has 8 heteroatoms. The second kappa shape index (κ2) is 4.81. The fourth-order valence-corrected chi connectivity index (χ4v) is 1.37. The summed E-state index contributed by atoms with van der Waals surface area (Å²) in [6, 6.07) is 1.02. The lowest BCUT2D eigenvalue weighted by Gasteiger charge is -2.20. The van der Waals surface area contributed by atoms with Gasteiger partial charge in [-0.15, -0.1) is 5.46 Å². The molecule has 0 aromatic heterocycles. The van der Waals surface area contributed by atoms with Crippen molar-refractivity contribution in [3.05, 3.63) is 17.7 Å². The zero-order valence-corrected chi connectivity index (χ0v) is 9.02. The van der Waals surface area contributed by atoms with Gasteiger partial charge in [0.2, 0.25) is 0 Å². The van der Waals surface area contributed by atoms with Crippen molar-refractivity contribution in [2.75, 3.05) is 14.2 Å². The van der Waals surface area contributed by atoms with Crippen LogP contribution in [0.3, 0.4) is 0 Å². The lowest BCUT2D eigenvalue weighted by Crippen LogP contribution is -2.34. The molecule has 0 unspecified atom stereocenters. The van der Waals surface area contributed by atoms with E-state index in [9.17, 15) is 21.7 Å². The molecule has 0 saturated carbocycles. The van der Waals surface area contributed by atoms with Crippen LogP contribution in [-0.2, 0) is 0 Å². The molecule has 0 spiro atoms. The highest BCUT2D eigenvalue weighted by Crippen LogP contribution is 2.36. The van der Waals surface area contributed by atoms with Crippen molar-refractivity contribution in [3.8, 4) is 11.5 Å². The predicted molar refractivity (Wildman–Crippen MR) is 53.2 cm³/mol. The van der Waals surface area contributed by atoms with Gasteiger partial charge in [0.05, 0.1) is 19.8 Å². The number of alkyl halides is 2. The summed E-state index contributed by atoms with van der Waals surface area (Å²) in [6.45, 7) is -5.37. The molecule has 1 aromatic rings. The van der Waals surface area contributed by atoms with Gasteiger partial charge < -0.3 is 22.4 Å². The summed E-state index contributed by atoms with van der Waals surface area (Å²) in [7, 11) is 2.17. The molecular formula is C9H9BF5O2-. The maximum absolute atomic E-state index is 12.6. The van der Waals surface area contributed by atoms with Gasteiger partial charge >= 0.3 is 6.98 Å².